The molecule has 0 fully saturated rings. The number of carbonyl (C=O) groups excluding carboxylic acids is 1. The molecule has 0 radical (unpaired) electrons. The Morgan fingerprint density at radius 3 is 2.75 bits per heavy atom. The first-order valence-electron chi connectivity index (χ1n) is 6.21. The summed E-state index contributed by atoms with van der Waals surface area (Å²) < 4.78 is 23.3. The molecule has 1 atom stereocenters. The number of aryl methyl sites for hydroxylation is 1. The van der Waals surface area contributed by atoms with E-state index in [-0.39, 0.29) is 17.6 Å². The van der Waals surface area contributed by atoms with Crippen molar-refractivity contribution < 1.29 is 18.3 Å². The van der Waals surface area contributed by atoms with Crippen molar-refractivity contribution in [2.45, 2.75) is 19.9 Å². The number of esters is 1. The standard InChI is InChI=1S/C15H16FNO3/c1-9-6-11(16)8-12(7-9)17-10(2)13-4-5-14(20-13)15(18)19-3/h4-8,10,17H,1-3H3. The predicted octanol–water partition coefficient (Wildman–Crippen LogP) is 3.69. The average Bonchev–Trinajstić information content (AvgIpc) is 2.86. The van der Waals surface area contributed by atoms with Crippen LogP contribution in [0.15, 0.2) is 34.7 Å². The van der Waals surface area contributed by atoms with Gasteiger partial charge in [0, 0.05) is 5.69 Å². The Bertz CT molecular complexity index is 601. The molecular formula is C15H16FNO3. The molecule has 1 N–H and O–H groups in total. The third kappa shape index (κ3) is 3.17. The maximum absolute atomic E-state index is 13.3. The van der Waals surface area contributed by atoms with Crippen molar-refractivity contribution in [3.8, 4) is 0 Å². The molecule has 2 aromatic rings. The first-order valence-corrected chi connectivity index (χ1v) is 6.21. The number of halogens is 1. The summed E-state index contributed by atoms with van der Waals surface area (Å²) in [5.74, 6) is -0.0988. The monoisotopic (exact) mass is 277 g/mol. The van der Waals surface area contributed by atoms with Crippen molar-refractivity contribution in [3.05, 3.63) is 53.2 Å². The molecule has 4 nitrogen and oxygen atoms in total. The molecule has 5 heteroatoms. The molecule has 0 aliphatic heterocycles. The molecule has 0 saturated carbocycles. The number of anilines is 1. The zero-order valence-corrected chi connectivity index (χ0v) is 11.6. The van der Waals surface area contributed by atoms with E-state index < -0.39 is 5.97 Å². The topological polar surface area (TPSA) is 51.5 Å². The van der Waals surface area contributed by atoms with E-state index in [1.807, 2.05) is 19.9 Å². The summed E-state index contributed by atoms with van der Waals surface area (Å²) in [5.41, 5.74) is 1.49. The third-order valence-electron chi connectivity index (χ3n) is 2.87. The number of ether oxygens (including phenoxy) is 1. The van der Waals surface area contributed by atoms with Crippen LogP contribution in [0.2, 0.25) is 0 Å². The van der Waals surface area contributed by atoms with Gasteiger partial charge in [-0.1, -0.05) is 0 Å². The fourth-order valence-electron chi connectivity index (χ4n) is 1.94. The zero-order valence-electron chi connectivity index (χ0n) is 11.6. The van der Waals surface area contributed by atoms with Gasteiger partial charge in [-0.2, -0.15) is 0 Å². The van der Waals surface area contributed by atoms with Crippen LogP contribution < -0.4 is 5.32 Å². The highest BCUT2D eigenvalue weighted by molar-refractivity contribution is 5.86. The molecule has 1 aromatic heterocycles. The van der Waals surface area contributed by atoms with E-state index in [4.69, 9.17) is 4.42 Å². The van der Waals surface area contributed by atoms with Crippen LogP contribution in [-0.2, 0) is 4.74 Å². The second-order valence-electron chi connectivity index (χ2n) is 4.58. The van der Waals surface area contributed by atoms with Crippen LogP contribution in [0.5, 0.6) is 0 Å². The van der Waals surface area contributed by atoms with E-state index >= 15 is 0 Å². The van der Waals surface area contributed by atoms with Gasteiger partial charge in [0.05, 0.1) is 13.2 Å². The van der Waals surface area contributed by atoms with Gasteiger partial charge in [-0.05, 0) is 49.7 Å². The summed E-state index contributed by atoms with van der Waals surface area (Å²) in [4.78, 5) is 11.3. The van der Waals surface area contributed by atoms with Crippen molar-refractivity contribution in [1.82, 2.24) is 0 Å². The fourth-order valence-corrected chi connectivity index (χ4v) is 1.94. The van der Waals surface area contributed by atoms with Gasteiger partial charge in [-0.3, -0.25) is 0 Å². The number of benzene rings is 1. The molecule has 1 unspecified atom stereocenters. The number of furan rings is 1. The maximum atomic E-state index is 13.3. The average molecular weight is 277 g/mol. The Kier molecular flexibility index (Phi) is 4.08. The van der Waals surface area contributed by atoms with Crippen LogP contribution in [-0.4, -0.2) is 13.1 Å². The SMILES string of the molecule is COC(=O)c1ccc(C(C)Nc2cc(C)cc(F)c2)o1. The van der Waals surface area contributed by atoms with E-state index in [0.29, 0.717) is 11.4 Å². The van der Waals surface area contributed by atoms with Gasteiger partial charge in [0.2, 0.25) is 5.76 Å². The molecule has 2 rings (SSSR count). The molecule has 0 aliphatic carbocycles. The minimum absolute atomic E-state index is 0.145. The van der Waals surface area contributed by atoms with Crippen molar-refractivity contribution in [2.24, 2.45) is 0 Å². The maximum Gasteiger partial charge on any atom is 0.373 e. The van der Waals surface area contributed by atoms with E-state index in [0.717, 1.165) is 5.56 Å². The first-order chi connectivity index (χ1) is 9.49. The van der Waals surface area contributed by atoms with Gasteiger partial charge < -0.3 is 14.5 Å². The van der Waals surface area contributed by atoms with Crippen LogP contribution in [0.4, 0.5) is 10.1 Å². The zero-order chi connectivity index (χ0) is 14.7. The Hall–Kier alpha value is -2.30. The van der Waals surface area contributed by atoms with E-state index in [9.17, 15) is 9.18 Å². The summed E-state index contributed by atoms with van der Waals surface area (Å²) in [5, 5.41) is 3.12. The van der Waals surface area contributed by atoms with E-state index in [2.05, 4.69) is 10.1 Å². The van der Waals surface area contributed by atoms with Crippen LogP contribution in [0.25, 0.3) is 0 Å². The number of rotatable bonds is 4. The van der Waals surface area contributed by atoms with Crippen molar-refractivity contribution in [2.75, 3.05) is 12.4 Å². The highest BCUT2D eigenvalue weighted by Crippen LogP contribution is 2.23. The van der Waals surface area contributed by atoms with Gasteiger partial charge in [-0.15, -0.1) is 0 Å². The largest absolute Gasteiger partial charge is 0.463 e. The minimum Gasteiger partial charge on any atom is -0.463 e. The summed E-state index contributed by atoms with van der Waals surface area (Å²) in [6.45, 7) is 3.68. The molecule has 0 spiro atoms. The second kappa shape index (κ2) is 5.77. The van der Waals surface area contributed by atoms with Gasteiger partial charge in [-0.25, -0.2) is 9.18 Å². The van der Waals surface area contributed by atoms with Crippen LogP contribution in [0.1, 0.15) is 34.8 Å². The highest BCUT2D eigenvalue weighted by atomic mass is 19.1. The van der Waals surface area contributed by atoms with Gasteiger partial charge in [0.15, 0.2) is 0 Å². The Balaban J connectivity index is 2.13. The molecule has 20 heavy (non-hydrogen) atoms. The number of carbonyl (C=O) groups is 1. The summed E-state index contributed by atoms with van der Waals surface area (Å²) >= 11 is 0. The lowest BCUT2D eigenvalue weighted by molar-refractivity contribution is 0.0562. The Morgan fingerprint density at radius 1 is 1.35 bits per heavy atom. The Morgan fingerprint density at radius 2 is 2.10 bits per heavy atom. The van der Waals surface area contributed by atoms with Crippen LogP contribution >= 0.6 is 0 Å². The lowest BCUT2D eigenvalue weighted by Gasteiger charge is -2.13. The fraction of sp³-hybridized carbons (Fsp3) is 0.267. The quantitative estimate of drug-likeness (QED) is 0.866. The lowest BCUT2D eigenvalue weighted by Crippen LogP contribution is -2.06. The highest BCUT2D eigenvalue weighted by Gasteiger charge is 2.15. The lowest BCUT2D eigenvalue weighted by atomic mass is 10.2. The molecule has 0 saturated heterocycles. The van der Waals surface area contributed by atoms with Crippen molar-refractivity contribution in [1.29, 1.82) is 0 Å². The number of hydrogen-bond acceptors (Lipinski definition) is 4. The van der Waals surface area contributed by atoms with Gasteiger partial charge in [0.1, 0.15) is 11.6 Å². The van der Waals surface area contributed by atoms with Gasteiger partial charge in [0.25, 0.3) is 0 Å². The summed E-state index contributed by atoms with van der Waals surface area (Å²) in [6, 6.07) is 7.75. The molecule has 0 amide bonds. The van der Waals surface area contributed by atoms with E-state index in [1.165, 1.54) is 19.2 Å². The Labute approximate surface area is 116 Å². The van der Waals surface area contributed by atoms with Crippen LogP contribution in [0, 0.1) is 12.7 Å². The van der Waals surface area contributed by atoms with Crippen LogP contribution in [0.3, 0.4) is 0 Å². The second-order valence-corrected chi connectivity index (χ2v) is 4.58. The number of methoxy groups -OCH3 is 1. The molecule has 106 valence electrons. The molecular weight excluding hydrogens is 261 g/mol. The van der Waals surface area contributed by atoms with E-state index in [1.54, 1.807) is 12.1 Å². The molecule has 0 bridgehead atoms. The number of hydrogen-bond donors (Lipinski definition) is 1. The molecule has 1 aromatic carbocycles. The smallest absolute Gasteiger partial charge is 0.373 e. The molecule has 1 heterocycles. The minimum atomic E-state index is -0.523. The normalized spacial score (nSPS) is 12.0. The van der Waals surface area contributed by atoms with Crippen molar-refractivity contribution in [3.63, 3.8) is 0 Å². The first kappa shape index (κ1) is 14.1. The predicted molar refractivity (Wildman–Crippen MR) is 73.2 cm³/mol. The molecule has 0 aliphatic rings. The number of nitrogens with one attached hydrogen (secondary N) is 1. The third-order valence-corrected chi connectivity index (χ3v) is 2.87. The van der Waals surface area contributed by atoms with Gasteiger partial charge >= 0.3 is 5.97 Å². The van der Waals surface area contributed by atoms with Crippen molar-refractivity contribution >= 4 is 11.7 Å². The summed E-state index contributed by atoms with van der Waals surface area (Å²) in [7, 11) is 1.29. The summed E-state index contributed by atoms with van der Waals surface area (Å²) in [6.07, 6.45) is 0.